The average Bonchev–Trinajstić information content (AvgIpc) is 3.03. The van der Waals surface area contributed by atoms with Gasteiger partial charge in [0.1, 0.15) is 0 Å². The van der Waals surface area contributed by atoms with Gasteiger partial charge in [0.15, 0.2) is 0 Å². The fourth-order valence-electron chi connectivity index (χ4n) is 8.32. The molecule has 0 aliphatic heterocycles. The van der Waals surface area contributed by atoms with Crippen molar-refractivity contribution in [3.63, 3.8) is 0 Å². The van der Waals surface area contributed by atoms with E-state index in [-0.39, 0.29) is 6.10 Å². The second-order valence-corrected chi connectivity index (χ2v) is 12.2. The van der Waals surface area contributed by atoms with Crippen molar-refractivity contribution in [2.45, 2.75) is 111 Å². The van der Waals surface area contributed by atoms with Gasteiger partial charge in [-0.1, -0.05) is 57.9 Å². The standard InChI is InChI=1S/C28H46O/c1-18(2)19(3)7-8-20(4)24-11-12-25-23-10-9-21-17-22(29)13-15-27(21,5)26(23)14-16-28(24,25)6/h18,20-22,24-25,29H,3,7-17H2,1-2,4-6H3/t20-,21?,22?,24-,25+,27+,28-/m1/s1. The van der Waals surface area contributed by atoms with E-state index < -0.39 is 0 Å². The maximum absolute atomic E-state index is 10.2. The predicted molar refractivity (Wildman–Crippen MR) is 124 cm³/mol. The zero-order chi connectivity index (χ0) is 21.0. The van der Waals surface area contributed by atoms with Crippen LogP contribution in [0.25, 0.3) is 0 Å². The Bertz CT molecular complexity index is 672. The van der Waals surface area contributed by atoms with Crippen molar-refractivity contribution in [2.24, 2.45) is 40.4 Å². The molecular weight excluding hydrogens is 352 g/mol. The zero-order valence-electron chi connectivity index (χ0n) is 19.9. The summed E-state index contributed by atoms with van der Waals surface area (Å²) in [6.45, 7) is 16.7. The van der Waals surface area contributed by atoms with Crippen LogP contribution in [0, 0.1) is 40.4 Å². The number of fused-ring (bicyclic) bond motifs is 4. The van der Waals surface area contributed by atoms with Crippen LogP contribution in [0.1, 0.15) is 105 Å². The first-order valence-corrected chi connectivity index (χ1v) is 12.7. The highest BCUT2D eigenvalue weighted by Crippen LogP contribution is 2.66. The molecule has 4 rings (SSSR count). The first-order valence-electron chi connectivity index (χ1n) is 12.7. The van der Waals surface area contributed by atoms with Crippen LogP contribution in [0.3, 0.4) is 0 Å². The molecule has 4 aliphatic rings. The fraction of sp³-hybridized carbons (Fsp3) is 0.857. The van der Waals surface area contributed by atoms with E-state index in [0.717, 1.165) is 36.5 Å². The summed E-state index contributed by atoms with van der Waals surface area (Å²) in [6.07, 6.45) is 14.1. The van der Waals surface area contributed by atoms with Crippen LogP contribution in [-0.2, 0) is 0 Å². The number of allylic oxidation sites excluding steroid dienone is 3. The highest BCUT2D eigenvalue weighted by Gasteiger charge is 2.55. The summed E-state index contributed by atoms with van der Waals surface area (Å²) in [5.74, 6) is 3.91. The summed E-state index contributed by atoms with van der Waals surface area (Å²) in [5, 5.41) is 10.2. The molecule has 0 aromatic heterocycles. The van der Waals surface area contributed by atoms with Crippen molar-refractivity contribution in [1.82, 2.24) is 0 Å². The lowest BCUT2D eigenvalue weighted by atomic mass is 9.50. The quantitative estimate of drug-likeness (QED) is 0.470. The molecule has 1 heteroatoms. The van der Waals surface area contributed by atoms with Gasteiger partial charge in [0.05, 0.1) is 6.10 Å². The van der Waals surface area contributed by atoms with E-state index in [2.05, 4.69) is 41.2 Å². The zero-order valence-corrected chi connectivity index (χ0v) is 19.9. The molecule has 0 bridgehead atoms. The van der Waals surface area contributed by atoms with E-state index in [0.29, 0.717) is 16.7 Å². The molecule has 4 aliphatic carbocycles. The molecule has 0 saturated heterocycles. The Morgan fingerprint density at radius 1 is 1.07 bits per heavy atom. The number of aliphatic hydroxyl groups is 1. The second-order valence-electron chi connectivity index (χ2n) is 12.2. The Labute approximate surface area is 180 Å². The van der Waals surface area contributed by atoms with Gasteiger partial charge in [-0.25, -0.2) is 0 Å². The van der Waals surface area contributed by atoms with Gasteiger partial charge in [-0.05, 0) is 111 Å². The maximum atomic E-state index is 10.2. The number of hydrogen-bond acceptors (Lipinski definition) is 1. The highest BCUT2D eigenvalue weighted by atomic mass is 16.3. The summed E-state index contributed by atoms with van der Waals surface area (Å²) in [7, 11) is 0. The Kier molecular flexibility index (Phi) is 5.86. The minimum absolute atomic E-state index is 0.0404. The number of rotatable bonds is 5. The molecule has 1 N–H and O–H groups in total. The smallest absolute Gasteiger partial charge is 0.0543 e. The van der Waals surface area contributed by atoms with Crippen LogP contribution < -0.4 is 0 Å². The Balaban J connectivity index is 1.53. The summed E-state index contributed by atoms with van der Waals surface area (Å²) in [4.78, 5) is 0. The minimum Gasteiger partial charge on any atom is -0.393 e. The summed E-state index contributed by atoms with van der Waals surface area (Å²) >= 11 is 0. The van der Waals surface area contributed by atoms with E-state index >= 15 is 0 Å². The molecule has 0 heterocycles. The van der Waals surface area contributed by atoms with E-state index in [9.17, 15) is 5.11 Å². The minimum atomic E-state index is -0.0404. The molecule has 0 spiro atoms. The van der Waals surface area contributed by atoms with Crippen LogP contribution in [-0.4, -0.2) is 11.2 Å². The largest absolute Gasteiger partial charge is 0.393 e. The van der Waals surface area contributed by atoms with E-state index in [1.54, 1.807) is 0 Å². The van der Waals surface area contributed by atoms with Gasteiger partial charge in [-0.15, -0.1) is 0 Å². The van der Waals surface area contributed by atoms with Crippen molar-refractivity contribution in [2.75, 3.05) is 0 Å². The molecule has 29 heavy (non-hydrogen) atoms. The Morgan fingerprint density at radius 2 is 1.83 bits per heavy atom. The molecule has 2 fully saturated rings. The predicted octanol–water partition coefficient (Wildman–Crippen LogP) is 7.70. The maximum Gasteiger partial charge on any atom is 0.0543 e. The van der Waals surface area contributed by atoms with Crippen molar-refractivity contribution < 1.29 is 5.11 Å². The lowest BCUT2D eigenvalue weighted by Gasteiger charge is -2.55. The van der Waals surface area contributed by atoms with Crippen LogP contribution in [0.5, 0.6) is 0 Å². The van der Waals surface area contributed by atoms with Crippen molar-refractivity contribution in [3.8, 4) is 0 Å². The summed E-state index contributed by atoms with van der Waals surface area (Å²) in [6, 6.07) is 0. The number of aliphatic hydroxyl groups excluding tert-OH is 1. The van der Waals surface area contributed by atoms with Gasteiger partial charge in [-0.2, -0.15) is 0 Å². The lowest BCUT2D eigenvalue weighted by Crippen LogP contribution is -2.45. The van der Waals surface area contributed by atoms with Crippen LogP contribution in [0.2, 0.25) is 0 Å². The first-order chi connectivity index (χ1) is 13.7. The molecule has 2 saturated carbocycles. The number of hydrogen-bond donors (Lipinski definition) is 1. The van der Waals surface area contributed by atoms with Gasteiger partial charge in [-0.3, -0.25) is 0 Å². The molecule has 164 valence electrons. The second kappa shape index (κ2) is 7.85. The Hall–Kier alpha value is -0.560. The third-order valence-electron chi connectivity index (χ3n) is 10.5. The average molecular weight is 399 g/mol. The van der Waals surface area contributed by atoms with Crippen molar-refractivity contribution >= 4 is 0 Å². The van der Waals surface area contributed by atoms with Gasteiger partial charge in [0, 0.05) is 0 Å². The summed E-state index contributed by atoms with van der Waals surface area (Å²) < 4.78 is 0. The topological polar surface area (TPSA) is 20.2 Å². The van der Waals surface area contributed by atoms with Gasteiger partial charge >= 0.3 is 0 Å². The van der Waals surface area contributed by atoms with E-state index in [1.807, 2.05) is 11.1 Å². The van der Waals surface area contributed by atoms with E-state index in [1.165, 1.54) is 63.4 Å². The van der Waals surface area contributed by atoms with Crippen LogP contribution in [0.15, 0.2) is 23.3 Å². The molecule has 0 amide bonds. The lowest BCUT2D eigenvalue weighted by molar-refractivity contribution is 0.0133. The third kappa shape index (κ3) is 3.58. The van der Waals surface area contributed by atoms with Gasteiger partial charge in [0.2, 0.25) is 0 Å². The molecule has 2 unspecified atom stereocenters. The van der Waals surface area contributed by atoms with E-state index in [4.69, 9.17) is 0 Å². The van der Waals surface area contributed by atoms with Crippen molar-refractivity contribution in [3.05, 3.63) is 23.3 Å². The monoisotopic (exact) mass is 398 g/mol. The van der Waals surface area contributed by atoms with Crippen LogP contribution in [0.4, 0.5) is 0 Å². The van der Waals surface area contributed by atoms with Gasteiger partial charge < -0.3 is 5.11 Å². The third-order valence-corrected chi connectivity index (χ3v) is 10.5. The SMILES string of the molecule is C=C(CC[C@@H](C)[C@H]1CC[C@H]2C3=C(CC[C@]12C)[C@@]1(C)CCC(O)CC1CC3)C(C)C. The Morgan fingerprint density at radius 3 is 2.55 bits per heavy atom. The summed E-state index contributed by atoms with van der Waals surface area (Å²) in [5.41, 5.74) is 6.12. The first kappa shape index (κ1) is 21.7. The molecular formula is C28H46O. The van der Waals surface area contributed by atoms with Gasteiger partial charge in [0.25, 0.3) is 0 Å². The normalized spacial score (nSPS) is 43.0. The molecule has 0 aromatic rings. The molecule has 7 atom stereocenters. The van der Waals surface area contributed by atoms with Crippen LogP contribution >= 0.6 is 0 Å². The fourth-order valence-corrected chi connectivity index (χ4v) is 8.32. The molecule has 0 aromatic carbocycles. The van der Waals surface area contributed by atoms with Crippen molar-refractivity contribution in [1.29, 1.82) is 0 Å². The highest BCUT2D eigenvalue weighted by molar-refractivity contribution is 5.34. The molecule has 1 nitrogen and oxygen atoms in total. The molecule has 0 radical (unpaired) electrons.